The van der Waals surface area contributed by atoms with E-state index in [4.69, 9.17) is 4.74 Å². The molecule has 0 spiro atoms. The minimum atomic E-state index is -3.79. The number of nitrogens with zero attached hydrogens (tertiary/aromatic N) is 1. The average Bonchev–Trinajstić information content (AvgIpc) is 2.79. The molecule has 0 saturated heterocycles. The number of sulfonamides is 1. The Kier molecular flexibility index (Phi) is 7.34. The van der Waals surface area contributed by atoms with Crippen LogP contribution in [-0.4, -0.2) is 39.7 Å². The van der Waals surface area contributed by atoms with Crippen LogP contribution in [0.1, 0.15) is 17.3 Å². The third-order valence-electron chi connectivity index (χ3n) is 4.71. The predicted octanol–water partition coefficient (Wildman–Crippen LogP) is 4.06. The highest BCUT2D eigenvalue weighted by Gasteiger charge is 2.29. The molecule has 0 radical (unpaired) electrons. The summed E-state index contributed by atoms with van der Waals surface area (Å²) in [4.78, 5) is 24.6. The minimum Gasteiger partial charge on any atom is -0.465 e. The van der Waals surface area contributed by atoms with Gasteiger partial charge in [0.1, 0.15) is 17.5 Å². The van der Waals surface area contributed by atoms with Gasteiger partial charge < -0.3 is 14.8 Å². The Morgan fingerprint density at radius 1 is 0.909 bits per heavy atom. The normalized spacial score (nSPS) is 11.8. The number of amides is 1. The Labute approximate surface area is 192 Å². The first-order valence-electron chi connectivity index (χ1n) is 10.0. The van der Waals surface area contributed by atoms with Crippen molar-refractivity contribution in [2.75, 3.05) is 23.0 Å². The molecule has 1 unspecified atom stereocenters. The number of hydrogen-bond donors (Lipinski definition) is 1. The van der Waals surface area contributed by atoms with Gasteiger partial charge in [0.05, 0.1) is 24.6 Å². The summed E-state index contributed by atoms with van der Waals surface area (Å²) in [5.74, 6) is 0.0593. The van der Waals surface area contributed by atoms with E-state index < -0.39 is 27.9 Å². The van der Waals surface area contributed by atoms with Crippen LogP contribution in [-0.2, 0) is 19.6 Å². The van der Waals surface area contributed by atoms with Gasteiger partial charge in [0.2, 0.25) is 15.9 Å². The minimum absolute atomic E-state index is 0.261. The molecule has 1 amide bonds. The second-order valence-corrected chi connectivity index (χ2v) is 9.06. The Hall–Kier alpha value is -3.85. The molecule has 0 aliphatic heterocycles. The van der Waals surface area contributed by atoms with E-state index in [1.165, 1.54) is 20.1 Å². The number of anilines is 2. The van der Waals surface area contributed by atoms with Crippen molar-refractivity contribution in [3.05, 3.63) is 84.4 Å². The summed E-state index contributed by atoms with van der Waals surface area (Å²) >= 11 is 0. The fraction of sp³-hybridized carbons (Fsp3) is 0.167. The van der Waals surface area contributed by atoms with Crippen molar-refractivity contribution >= 4 is 33.3 Å². The number of hydrogen-bond acceptors (Lipinski definition) is 6. The molecular weight excluding hydrogens is 444 g/mol. The van der Waals surface area contributed by atoms with Crippen molar-refractivity contribution in [1.29, 1.82) is 0 Å². The highest BCUT2D eigenvalue weighted by atomic mass is 32.2. The average molecular weight is 469 g/mol. The standard InChI is InChI=1S/C24H24N2O6S/c1-17(23(27)25-19-9-7-8-18(16-19)24(28)31-2)26(33(3,29)30)20-12-14-22(15-13-20)32-21-10-5-4-6-11-21/h4-17H,1-3H3,(H,25,27). The number of benzene rings is 3. The number of ether oxygens (including phenoxy) is 2. The van der Waals surface area contributed by atoms with Crippen molar-refractivity contribution in [2.24, 2.45) is 0 Å². The maximum atomic E-state index is 12.9. The molecule has 3 aromatic carbocycles. The third kappa shape index (κ3) is 6.11. The summed E-state index contributed by atoms with van der Waals surface area (Å²) in [6, 6.07) is 20.7. The summed E-state index contributed by atoms with van der Waals surface area (Å²) < 4.78 is 36.5. The van der Waals surface area contributed by atoms with Gasteiger partial charge in [-0.1, -0.05) is 24.3 Å². The van der Waals surface area contributed by atoms with Gasteiger partial charge in [0.25, 0.3) is 0 Å². The lowest BCUT2D eigenvalue weighted by atomic mass is 10.2. The van der Waals surface area contributed by atoms with Crippen LogP contribution < -0.4 is 14.4 Å². The highest BCUT2D eigenvalue weighted by molar-refractivity contribution is 7.92. The Bertz CT molecular complexity index is 1230. The lowest BCUT2D eigenvalue weighted by molar-refractivity contribution is -0.116. The fourth-order valence-corrected chi connectivity index (χ4v) is 4.36. The SMILES string of the molecule is COC(=O)c1cccc(NC(=O)C(C)N(c2ccc(Oc3ccccc3)cc2)S(C)(=O)=O)c1. The van der Waals surface area contributed by atoms with E-state index >= 15 is 0 Å². The Morgan fingerprint density at radius 2 is 1.55 bits per heavy atom. The molecule has 0 bridgehead atoms. The van der Waals surface area contributed by atoms with Gasteiger partial charge in [-0.25, -0.2) is 13.2 Å². The van der Waals surface area contributed by atoms with Crippen molar-refractivity contribution in [3.63, 3.8) is 0 Å². The van der Waals surface area contributed by atoms with E-state index in [1.807, 2.05) is 18.2 Å². The number of methoxy groups -OCH3 is 1. The van der Waals surface area contributed by atoms with Gasteiger partial charge in [-0.15, -0.1) is 0 Å². The number of carbonyl (C=O) groups is 2. The zero-order valence-electron chi connectivity index (χ0n) is 18.4. The summed E-state index contributed by atoms with van der Waals surface area (Å²) in [6.07, 6.45) is 1.03. The van der Waals surface area contributed by atoms with Crippen LogP contribution in [0.15, 0.2) is 78.9 Å². The third-order valence-corrected chi connectivity index (χ3v) is 5.95. The van der Waals surface area contributed by atoms with Crippen LogP contribution in [0.25, 0.3) is 0 Å². The first kappa shape index (κ1) is 23.8. The molecule has 33 heavy (non-hydrogen) atoms. The van der Waals surface area contributed by atoms with Crippen LogP contribution in [0.4, 0.5) is 11.4 Å². The molecule has 172 valence electrons. The molecule has 1 N–H and O–H groups in total. The summed E-state index contributed by atoms with van der Waals surface area (Å²) in [5, 5.41) is 2.65. The van der Waals surface area contributed by atoms with Gasteiger partial charge in [-0.2, -0.15) is 0 Å². The van der Waals surface area contributed by atoms with Gasteiger partial charge in [-0.05, 0) is 61.5 Å². The Morgan fingerprint density at radius 3 is 2.15 bits per heavy atom. The first-order chi connectivity index (χ1) is 15.7. The Balaban J connectivity index is 1.80. The van der Waals surface area contributed by atoms with E-state index in [2.05, 4.69) is 10.1 Å². The van der Waals surface area contributed by atoms with Crippen LogP contribution in [0, 0.1) is 0 Å². The molecule has 3 aromatic rings. The van der Waals surface area contributed by atoms with Gasteiger partial charge in [0.15, 0.2) is 0 Å². The highest BCUT2D eigenvalue weighted by Crippen LogP contribution is 2.27. The quantitative estimate of drug-likeness (QED) is 0.500. The van der Waals surface area contributed by atoms with Crippen LogP contribution >= 0.6 is 0 Å². The molecule has 9 heteroatoms. The van der Waals surface area contributed by atoms with Gasteiger partial charge in [0, 0.05) is 5.69 Å². The smallest absolute Gasteiger partial charge is 0.337 e. The van der Waals surface area contributed by atoms with Crippen molar-refractivity contribution in [3.8, 4) is 11.5 Å². The van der Waals surface area contributed by atoms with Crippen molar-refractivity contribution < 1.29 is 27.5 Å². The molecule has 0 fully saturated rings. The molecule has 0 saturated carbocycles. The van der Waals surface area contributed by atoms with E-state index in [9.17, 15) is 18.0 Å². The summed E-state index contributed by atoms with van der Waals surface area (Å²) in [5.41, 5.74) is 0.913. The number of para-hydroxylation sites is 1. The van der Waals surface area contributed by atoms with Crippen LogP contribution in [0.5, 0.6) is 11.5 Å². The molecule has 3 rings (SSSR count). The second-order valence-electron chi connectivity index (χ2n) is 7.21. The largest absolute Gasteiger partial charge is 0.465 e. The van der Waals surface area contributed by atoms with Crippen molar-refractivity contribution in [2.45, 2.75) is 13.0 Å². The summed E-state index contributed by atoms with van der Waals surface area (Å²) in [7, 11) is -2.53. The van der Waals surface area contributed by atoms with E-state index in [1.54, 1.807) is 54.6 Å². The number of rotatable bonds is 8. The maximum absolute atomic E-state index is 12.9. The fourth-order valence-electron chi connectivity index (χ4n) is 3.18. The number of nitrogens with one attached hydrogen (secondary N) is 1. The molecule has 1 atom stereocenters. The second kappa shape index (κ2) is 10.2. The van der Waals surface area contributed by atoms with Gasteiger partial charge in [-0.3, -0.25) is 9.10 Å². The number of carbonyl (C=O) groups excluding carboxylic acids is 2. The lowest BCUT2D eigenvalue weighted by Gasteiger charge is -2.28. The maximum Gasteiger partial charge on any atom is 0.337 e. The molecule has 0 aliphatic rings. The number of esters is 1. The van der Waals surface area contributed by atoms with Gasteiger partial charge >= 0.3 is 5.97 Å². The molecule has 0 heterocycles. The van der Waals surface area contributed by atoms with E-state index in [-0.39, 0.29) is 5.56 Å². The van der Waals surface area contributed by atoms with Crippen molar-refractivity contribution in [1.82, 2.24) is 0 Å². The zero-order valence-corrected chi connectivity index (χ0v) is 19.2. The first-order valence-corrected chi connectivity index (χ1v) is 11.9. The molecule has 0 aromatic heterocycles. The molecular formula is C24H24N2O6S. The van der Waals surface area contributed by atoms with Crippen LogP contribution in [0.2, 0.25) is 0 Å². The zero-order chi connectivity index (χ0) is 24.0. The topological polar surface area (TPSA) is 102 Å². The lowest BCUT2D eigenvalue weighted by Crippen LogP contribution is -2.45. The van der Waals surface area contributed by atoms with E-state index in [0.29, 0.717) is 22.9 Å². The molecule has 0 aliphatic carbocycles. The molecule has 8 nitrogen and oxygen atoms in total. The summed E-state index contributed by atoms with van der Waals surface area (Å²) in [6.45, 7) is 1.48. The predicted molar refractivity (Wildman–Crippen MR) is 126 cm³/mol. The monoisotopic (exact) mass is 468 g/mol. The van der Waals surface area contributed by atoms with E-state index in [0.717, 1.165) is 10.6 Å². The van der Waals surface area contributed by atoms with Crippen LogP contribution in [0.3, 0.4) is 0 Å².